The Morgan fingerprint density at radius 3 is 2.73 bits per heavy atom. The molecule has 2 aromatic carbocycles. The first-order chi connectivity index (χ1) is 14.5. The number of hydrogen-bond acceptors (Lipinski definition) is 6. The van der Waals surface area contributed by atoms with Crippen LogP contribution in [0.3, 0.4) is 0 Å². The van der Waals surface area contributed by atoms with Crippen molar-refractivity contribution in [1.29, 1.82) is 0 Å². The van der Waals surface area contributed by atoms with Crippen molar-refractivity contribution in [3.63, 3.8) is 0 Å². The van der Waals surface area contributed by atoms with E-state index >= 15 is 0 Å². The number of ether oxygens (including phenoxy) is 2. The number of anilines is 1. The van der Waals surface area contributed by atoms with Crippen LogP contribution in [0.1, 0.15) is 34.8 Å². The van der Waals surface area contributed by atoms with Gasteiger partial charge in [0.05, 0.1) is 30.9 Å². The molecular formula is C22H23N3O4S. The lowest BCUT2D eigenvalue weighted by molar-refractivity contribution is 0.0984. The molecule has 156 valence electrons. The van der Waals surface area contributed by atoms with Crippen molar-refractivity contribution in [2.75, 3.05) is 25.7 Å². The molecule has 2 aliphatic rings. The van der Waals surface area contributed by atoms with Crippen molar-refractivity contribution in [3.05, 3.63) is 53.1 Å². The Labute approximate surface area is 179 Å². The number of amides is 2. The zero-order valence-electron chi connectivity index (χ0n) is 17.1. The predicted octanol–water partition coefficient (Wildman–Crippen LogP) is 3.85. The van der Waals surface area contributed by atoms with E-state index in [4.69, 9.17) is 9.47 Å². The number of hydrazone groups is 1. The van der Waals surface area contributed by atoms with Crippen LogP contribution in [0.5, 0.6) is 11.5 Å². The Morgan fingerprint density at radius 2 is 2.00 bits per heavy atom. The van der Waals surface area contributed by atoms with Gasteiger partial charge in [0.2, 0.25) is 0 Å². The smallest absolute Gasteiger partial charge is 0.299 e. The number of nitrogens with zero attached hydrogens (tertiary/aromatic N) is 2. The Balaban J connectivity index is 1.77. The number of methoxy groups -OCH3 is 2. The fourth-order valence-electron chi connectivity index (χ4n) is 3.90. The molecule has 1 N–H and O–H groups in total. The van der Waals surface area contributed by atoms with Crippen LogP contribution in [0.25, 0.3) is 0 Å². The van der Waals surface area contributed by atoms with E-state index in [9.17, 15) is 9.59 Å². The normalized spacial score (nSPS) is 18.2. The Kier molecular flexibility index (Phi) is 5.67. The molecule has 2 heterocycles. The highest BCUT2D eigenvalue weighted by Crippen LogP contribution is 2.36. The minimum Gasteiger partial charge on any atom is -0.493 e. The van der Waals surface area contributed by atoms with Gasteiger partial charge in [0.25, 0.3) is 11.1 Å². The standard InChI is InChI=1S/C22H23N3O4S/c1-13-19(23-24-22(27)30-13)16-8-4-6-14-7-5-11-25(20(14)16)21(26)15-9-10-17(28-2)18(12-15)29-3/h4,6,8-10,12-13H,5,7,11H2,1-3H3,(H,24,27). The van der Waals surface area contributed by atoms with E-state index in [0.29, 0.717) is 23.6 Å². The van der Waals surface area contributed by atoms with E-state index in [0.717, 1.165) is 35.4 Å². The number of hydrogen-bond donors (Lipinski definition) is 1. The van der Waals surface area contributed by atoms with Crippen molar-refractivity contribution < 1.29 is 19.1 Å². The molecule has 2 amide bonds. The molecule has 0 aromatic heterocycles. The highest BCUT2D eigenvalue weighted by atomic mass is 32.2. The Hall–Kier alpha value is -3.00. The minimum absolute atomic E-state index is 0.106. The summed E-state index contributed by atoms with van der Waals surface area (Å²) in [5.74, 6) is 0.982. The Morgan fingerprint density at radius 1 is 1.20 bits per heavy atom. The summed E-state index contributed by atoms with van der Waals surface area (Å²) >= 11 is 1.20. The van der Waals surface area contributed by atoms with Gasteiger partial charge in [-0.15, -0.1) is 0 Å². The number of carbonyl (C=O) groups is 2. The second-order valence-corrected chi connectivity index (χ2v) is 8.41. The van der Waals surface area contributed by atoms with Crippen molar-refractivity contribution in [1.82, 2.24) is 5.43 Å². The third-order valence-electron chi connectivity index (χ3n) is 5.31. The molecule has 1 atom stereocenters. The molecule has 7 nitrogen and oxygen atoms in total. The average molecular weight is 426 g/mol. The van der Waals surface area contributed by atoms with Gasteiger partial charge in [0.1, 0.15) is 0 Å². The van der Waals surface area contributed by atoms with Gasteiger partial charge in [0, 0.05) is 17.7 Å². The molecule has 0 fully saturated rings. The van der Waals surface area contributed by atoms with Crippen LogP contribution >= 0.6 is 11.8 Å². The summed E-state index contributed by atoms with van der Waals surface area (Å²) in [6.07, 6.45) is 1.77. The third kappa shape index (κ3) is 3.63. The molecule has 2 aromatic rings. The van der Waals surface area contributed by atoms with Gasteiger partial charge >= 0.3 is 0 Å². The summed E-state index contributed by atoms with van der Waals surface area (Å²) in [6.45, 7) is 2.56. The molecule has 0 spiro atoms. The summed E-state index contributed by atoms with van der Waals surface area (Å²) in [5.41, 5.74) is 6.68. The quantitative estimate of drug-likeness (QED) is 0.805. The van der Waals surface area contributed by atoms with Gasteiger partial charge < -0.3 is 14.4 Å². The lowest BCUT2D eigenvalue weighted by atomic mass is 9.94. The van der Waals surface area contributed by atoms with Crippen LogP contribution in [-0.4, -0.2) is 42.9 Å². The number of benzene rings is 2. The van der Waals surface area contributed by atoms with Gasteiger partial charge in [-0.05, 0) is 43.5 Å². The fraction of sp³-hybridized carbons (Fsp3) is 0.318. The molecule has 4 rings (SSSR count). The van der Waals surface area contributed by atoms with E-state index < -0.39 is 0 Å². The van der Waals surface area contributed by atoms with Gasteiger partial charge in [-0.1, -0.05) is 30.0 Å². The molecule has 0 saturated heterocycles. The third-order valence-corrected chi connectivity index (χ3v) is 6.19. The number of carbonyl (C=O) groups excluding carboxylic acids is 2. The topological polar surface area (TPSA) is 80.2 Å². The van der Waals surface area contributed by atoms with Gasteiger partial charge in [-0.2, -0.15) is 5.10 Å². The second kappa shape index (κ2) is 8.39. The summed E-state index contributed by atoms with van der Waals surface area (Å²) in [7, 11) is 3.12. The number of rotatable bonds is 4. The SMILES string of the molecule is COc1ccc(C(=O)N2CCCc3cccc(C4=NNC(=O)SC4C)c32)cc1OC. The van der Waals surface area contributed by atoms with Crippen LogP contribution in [0.4, 0.5) is 10.5 Å². The molecule has 1 unspecified atom stereocenters. The summed E-state index contributed by atoms with van der Waals surface area (Å²) in [5, 5.41) is 4.03. The molecule has 0 aliphatic carbocycles. The van der Waals surface area contributed by atoms with Crippen LogP contribution in [0.15, 0.2) is 41.5 Å². The first kappa shape index (κ1) is 20.3. The van der Waals surface area contributed by atoms with E-state index in [1.54, 1.807) is 32.4 Å². The molecule has 8 heteroatoms. The maximum absolute atomic E-state index is 13.5. The number of aryl methyl sites for hydroxylation is 1. The van der Waals surface area contributed by atoms with E-state index in [1.165, 1.54) is 11.8 Å². The zero-order valence-corrected chi connectivity index (χ0v) is 17.9. The molecule has 0 radical (unpaired) electrons. The van der Waals surface area contributed by atoms with Crippen LogP contribution in [0, 0.1) is 0 Å². The van der Waals surface area contributed by atoms with Crippen molar-refractivity contribution in [2.45, 2.75) is 25.0 Å². The Bertz CT molecular complexity index is 1040. The second-order valence-electron chi connectivity index (χ2n) is 7.10. The molecule has 30 heavy (non-hydrogen) atoms. The lowest BCUT2D eigenvalue weighted by Gasteiger charge is -2.33. The van der Waals surface area contributed by atoms with Crippen molar-refractivity contribution in [2.24, 2.45) is 5.10 Å². The van der Waals surface area contributed by atoms with E-state index in [1.807, 2.05) is 30.0 Å². The van der Waals surface area contributed by atoms with Gasteiger partial charge in [-0.3, -0.25) is 9.59 Å². The monoisotopic (exact) mass is 425 g/mol. The lowest BCUT2D eigenvalue weighted by Crippen LogP contribution is -2.38. The van der Waals surface area contributed by atoms with Crippen molar-refractivity contribution >= 4 is 34.3 Å². The number of nitrogens with one attached hydrogen (secondary N) is 1. The zero-order chi connectivity index (χ0) is 21.3. The highest BCUT2D eigenvalue weighted by molar-refractivity contribution is 8.14. The van der Waals surface area contributed by atoms with Crippen LogP contribution in [0.2, 0.25) is 0 Å². The predicted molar refractivity (Wildman–Crippen MR) is 118 cm³/mol. The minimum atomic E-state index is -0.172. The first-order valence-corrected chi connectivity index (χ1v) is 10.6. The number of para-hydroxylation sites is 1. The van der Waals surface area contributed by atoms with Crippen molar-refractivity contribution in [3.8, 4) is 11.5 Å². The largest absolute Gasteiger partial charge is 0.493 e. The molecule has 0 saturated carbocycles. The molecule has 0 bridgehead atoms. The maximum Gasteiger partial charge on any atom is 0.299 e. The fourth-order valence-corrected chi connectivity index (χ4v) is 4.62. The van der Waals surface area contributed by atoms with E-state index in [-0.39, 0.29) is 16.4 Å². The summed E-state index contributed by atoms with van der Waals surface area (Å²) in [4.78, 5) is 27.0. The van der Waals surface area contributed by atoms with E-state index in [2.05, 4.69) is 10.5 Å². The first-order valence-electron chi connectivity index (χ1n) is 9.74. The highest BCUT2D eigenvalue weighted by Gasteiger charge is 2.31. The number of fused-ring (bicyclic) bond motifs is 1. The number of thioether (sulfide) groups is 1. The molecule has 2 aliphatic heterocycles. The van der Waals surface area contributed by atoms with Gasteiger partial charge in [-0.25, -0.2) is 5.43 Å². The summed E-state index contributed by atoms with van der Waals surface area (Å²) in [6, 6.07) is 11.2. The average Bonchev–Trinajstić information content (AvgIpc) is 2.77. The molecular weight excluding hydrogens is 402 g/mol. The van der Waals surface area contributed by atoms with Crippen LogP contribution in [-0.2, 0) is 6.42 Å². The summed E-state index contributed by atoms with van der Waals surface area (Å²) < 4.78 is 10.7. The van der Waals surface area contributed by atoms with Gasteiger partial charge in [0.15, 0.2) is 11.5 Å². The maximum atomic E-state index is 13.5. The van der Waals surface area contributed by atoms with Crippen LogP contribution < -0.4 is 19.8 Å².